The highest BCUT2D eigenvalue weighted by Crippen LogP contribution is 2.58. The second kappa shape index (κ2) is 5.31. The van der Waals surface area contributed by atoms with Crippen LogP contribution in [0.3, 0.4) is 0 Å². The van der Waals surface area contributed by atoms with E-state index in [2.05, 4.69) is 4.90 Å². The van der Waals surface area contributed by atoms with Gasteiger partial charge in [-0.2, -0.15) is 0 Å². The fourth-order valence-corrected chi connectivity index (χ4v) is 6.11. The molecule has 0 amide bonds. The topological polar surface area (TPSA) is 60.8 Å². The number of likely N-dealkylation sites (tertiary alicyclic amines) is 1. The molecule has 0 radical (unpaired) electrons. The number of carbonyl (C=O) groups excluding carboxylic acids is 1. The maximum atomic E-state index is 12.4. The number of hydrogen-bond donors (Lipinski definition) is 2. The molecule has 1 aliphatic heterocycles. The lowest BCUT2D eigenvalue weighted by molar-refractivity contribution is -0.174. The Hall–Kier alpha value is -1.39. The number of piperidine rings is 1. The second-order valence-corrected chi connectivity index (χ2v) is 8.83. The van der Waals surface area contributed by atoms with Gasteiger partial charge in [-0.15, -0.1) is 0 Å². The number of Topliss-reactive ketones (excluding diaryl/α,β-unsaturated/α-hetero) is 1. The molecule has 2 N–H and O–H groups in total. The molecule has 1 aromatic rings. The maximum Gasteiger partial charge on any atom is 0.134 e. The van der Waals surface area contributed by atoms with Crippen LogP contribution in [0.5, 0.6) is 5.75 Å². The summed E-state index contributed by atoms with van der Waals surface area (Å²) in [4.78, 5) is 14.9. The Balaban J connectivity index is 1.61. The summed E-state index contributed by atoms with van der Waals surface area (Å²) in [7, 11) is 0. The molecule has 0 unspecified atom stereocenters. The van der Waals surface area contributed by atoms with Crippen molar-refractivity contribution in [3.05, 3.63) is 29.3 Å². The molecule has 134 valence electrons. The van der Waals surface area contributed by atoms with E-state index in [1.807, 2.05) is 12.1 Å². The average Bonchev–Trinajstić information content (AvgIpc) is 2.54. The summed E-state index contributed by atoms with van der Waals surface area (Å²) >= 11 is 0. The van der Waals surface area contributed by atoms with Gasteiger partial charge in [0.2, 0.25) is 0 Å². The summed E-state index contributed by atoms with van der Waals surface area (Å²) in [6.45, 7) is 2.04. The molecule has 1 saturated heterocycles. The first-order valence-corrected chi connectivity index (χ1v) is 9.82. The van der Waals surface area contributed by atoms with Crippen molar-refractivity contribution in [1.29, 1.82) is 0 Å². The highest BCUT2D eigenvalue weighted by Gasteiger charge is 2.64. The van der Waals surface area contributed by atoms with Gasteiger partial charge in [0.25, 0.3) is 0 Å². The Morgan fingerprint density at radius 1 is 1.24 bits per heavy atom. The molecular formula is C21H27NO3. The Labute approximate surface area is 148 Å². The normalized spacial score (nSPS) is 38.0. The summed E-state index contributed by atoms with van der Waals surface area (Å²) in [5.74, 6) is 1.28. The third-order valence-electron chi connectivity index (χ3n) is 7.67. The molecule has 2 bridgehead atoms. The van der Waals surface area contributed by atoms with E-state index in [-0.39, 0.29) is 17.6 Å². The number of rotatable bonds is 2. The summed E-state index contributed by atoms with van der Waals surface area (Å²) in [6, 6.07) is 5.67. The molecule has 4 aliphatic rings. The molecule has 0 aromatic heterocycles. The van der Waals surface area contributed by atoms with Gasteiger partial charge in [0, 0.05) is 30.8 Å². The van der Waals surface area contributed by atoms with Crippen LogP contribution in [0.25, 0.3) is 0 Å². The van der Waals surface area contributed by atoms with E-state index < -0.39 is 11.0 Å². The molecule has 0 spiro atoms. The van der Waals surface area contributed by atoms with E-state index in [1.165, 1.54) is 24.8 Å². The zero-order valence-electron chi connectivity index (χ0n) is 14.7. The number of carbonyl (C=O) groups is 1. The number of phenols is 1. The first kappa shape index (κ1) is 15.8. The Kier molecular flexibility index (Phi) is 3.36. The van der Waals surface area contributed by atoms with Crippen LogP contribution < -0.4 is 0 Å². The van der Waals surface area contributed by atoms with Crippen molar-refractivity contribution in [2.75, 3.05) is 13.1 Å². The van der Waals surface area contributed by atoms with Crippen LogP contribution in [-0.2, 0) is 16.6 Å². The van der Waals surface area contributed by atoms with E-state index in [0.29, 0.717) is 19.3 Å². The van der Waals surface area contributed by atoms with Crippen molar-refractivity contribution in [3.8, 4) is 5.75 Å². The highest BCUT2D eigenvalue weighted by molar-refractivity contribution is 5.82. The van der Waals surface area contributed by atoms with Crippen molar-refractivity contribution in [1.82, 2.24) is 4.90 Å². The Bertz CT molecular complexity index is 728. The SMILES string of the molecule is O=C1CC[C@@]2(O)[C@@H]3Cc4ccc(O)cc4[C@@]2(CCN3CC2CCC2)C1. The standard InChI is InChI=1S/C21H27NO3/c23-16-5-4-15-10-19-21(25)7-6-17(24)12-20(21,18(15)11-16)8-9-22(19)13-14-2-1-3-14/h4-5,11,14,19,23,25H,1-3,6-10,12-13H2/t19-,20+,21+/m0/s1. The van der Waals surface area contributed by atoms with Crippen LogP contribution in [-0.4, -0.2) is 45.6 Å². The second-order valence-electron chi connectivity index (χ2n) is 8.83. The molecule has 1 heterocycles. The molecule has 4 nitrogen and oxygen atoms in total. The first-order valence-electron chi connectivity index (χ1n) is 9.82. The minimum Gasteiger partial charge on any atom is -0.508 e. The van der Waals surface area contributed by atoms with E-state index >= 15 is 0 Å². The summed E-state index contributed by atoms with van der Waals surface area (Å²) in [6.07, 6.45) is 7.09. The van der Waals surface area contributed by atoms with Crippen molar-refractivity contribution in [3.63, 3.8) is 0 Å². The zero-order chi connectivity index (χ0) is 17.2. The average molecular weight is 341 g/mol. The molecule has 25 heavy (non-hydrogen) atoms. The minimum absolute atomic E-state index is 0.104. The monoisotopic (exact) mass is 341 g/mol. The smallest absolute Gasteiger partial charge is 0.134 e. The third-order valence-corrected chi connectivity index (χ3v) is 7.67. The fourth-order valence-electron chi connectivity index (χ4n) is 6.11. The van der Waals surface area contributed by atoms with E-state index in [0.717, 1.165) is 37.4 Å². The quantitative estimate of drug-likeness (QED) is 0.868. The van der Waals surface area contributed by atoms with Crippen LogP contribution in [0.1, 0.15) is 56.1 Å². The van der Waals surface area contributed by atoms with E-state index in [1.54, 1.807) is 6.07 Å². The predicted molar refractivity (Wildman–Crippen MR) is 94.6 cm³/mol. The number of nitrogens with zero attached hydrogens (tertiary/aromatic N) is 1. The molecular weight excluding hydrogens is 314 g/mol. The minimum atomic E-state index is -0.844. The van der Waals surface area contributed by atoms with Crippen LogP contribution in [0.4, 0.5) is 0 Å². The molecule has 5 rings (SSSR count). The lowest BCUT2D eigenvalue weighted by atomic mass is 9.49. The summed E-state index contributed by atoms with van der Waals surface area (Å²) in [5.41, 5.74) is 0.891. The molecule has 3 aliphatic carbocycles. The molecule has 1 aromatic carbocycles. The van der Waals surface area contributed by atoms with E-state index in [9.17, 15) is 15.0 Å². The van der Waals surface area contributed by atoms with Crippen molar-refractivity contribution >= 4 is 5.78 Å². The van der Waals surface area contributed by atoms with Crippen molar-refractivity contribution < 1.29 is 15.0 Å². The van der Waals surface area contributed by atoms with E-state index in [4.69, 9.17) is 0 Å². The Morgan fingerprint density at radius 3 is 2.84 bits per heavy atom. The van der Waals surface area contributed by atoms with Gasteiger partial charge in [0.1, 0.15) is 11.5 Å². The van der Waals surface area contributed by atoms with Gasteiger partial charge in [-0.05, 0) is 67.8 Å². The van der Waals surface area contributed by atoms with Crippen LogP contribution in [0.15, 0.2) is 18.2 Å². The van der Waals surface area contributed by atoms with Gasteiger partial charge in [-0.25, -0.2) is 0 Å². The number of ketones is 1. The largest absolute Gasteiger partial charge is 0.508 e. The number of fused-ring (bicyclic) bond motifs is 1. The number of aliphatic hydroxyl groups is 1. The maximum absolute atomic E-state index is 12.4. The fraction of sp³-hybridized carbons (Fsp3) is 0.667. The summed E-state index contributed by atoms with van der Waals surface area (Å²) < 4.78 is 0. The third kappa shape index (κ3) is 2.10. The van der Waals surface area contributed by atoms with Crippen LogP contribution in [0, 0.1) is 5.92 Å². The number of benzene rings is 1. The zero-order valence-corrected chi connectivity index (χ0v) is 14.7. The lowest BCUT2D eigenvalue weighted by Crippen LogP contribution is -2.73. The van der Waals surface area contributed by atoms with Crippen LogP contribution in [0.2, 0.25) is 0 Å². The van der Waals surface area contributed by atoms with Crippen LogP contribution >= 0.6 is 0 Å². The molecule has 2 saturated carbocycles. The first-order chi connectivity index (χ1) is 12.0. The number of aromatic hydroxyl groups is 1. The van der Waals surface area contributed by atoms with Gasteiger partial charge in [0.05, 0.1) is 5.60 Å². The van der Waals surface area contributed by atoms with Gasteiger partial charge < -0.3 is 10.2 Å². The van der Waals surface area contributed by atoms with Gasteiger partial charge in [0.15, 0.2) is 0 Å². The number of phenolic OH excluding ortho intramolecular Hbond substituents is 1. The predicted octanol–water partition coefficient (Wildman–Crippen LogP) is 2.54. The van der Waals surface area contributed by atoms with Gasteiger partial charge in [-0.3, -0.25) is 9.69 Å². The Morgan fingerprint density at radius 2 is 2.08 bits per heavy atom. The lowest BCUT2D eigenvalue weighted by Gasteiger charge is -2.63. The summed E-state index contributed by atoms with van der Waals surface area (Å²) in [5, 5.41) is 22.0. The van der Waals surface area contributed by atoms with Gasteiger partial charge in [-0.1, -0.05) is 12.5 Å². The number of hydrogen-bond acceptors (Lipinski definition) is 4. The molecule has 3 fully saturated rings. The molecule has 4 heteroatoms. The van der Waals surface area contributed by atoms with Crippen molar-refractivity contribution in [2.45, 2.75) is 68.4 Å². The highest BCUT2D eigenvalue weighted by atomic mass is 16.3. The van der Waals surface area contributed by atoms with Crippen molar-refractivity contribution in [2.24, 2.45) is 5.92 Å². The molecule has 3 atom stereocenters. The van der Waals surface area contributed by atoms with Gasteiger partial charge >= 0.3 is 0 Å².